The molecule has 0 saturated carbocycles. The first-order chi connectivity index (χ1) is 12.6. The van der Waals surface area contributed by atoms with E-state index in [1.54, 1.807) is 24.3 Å². The highest BCUT2D eigenvalue weighted by molar-refractivity contribution is 5.97. The summed E-state index contributed by atoms with van der Waals surface area (Å²) in [5, 5.41) is 3.48. The van der Waals surface area contributed by atoms with Crippen molar-refractivity contribution in [2.45, 2.75) is 20.3 Å². The van der Waals surface area contributed by atoms with Crippen LogP contribution in [0.2, 0.25) is 0 Å². The molecule has 0 atom stereocenters. The van der Waals surface area contributed by atoms with Crippen LogP contribution in [0.25, 0.3) is 10.9 Å². The monoisotopic (exact) mass is 349 g/mol. The van der Waals surface area contributed by atoms with E-state index < -0.39 is 0 Å². The van der Waals surface area contributed by atoms with Crippen LogP contribution < -0.4 is 10.1 Å². The molecule has 0 aliphatic carbocycles. The van der Waals surface area contributed by atoms with Crippen LogP contribution >= 0.6 is 0 Å². The van der Waals surface area contributed by atoms with Crippen molar-refractivity contribution in [1.82, 2.24) is 9.97 Å². The number of aryl methyl sites for hydroxylation is 1. The summed E-state index contributed by atoms with van der Waals surface area (Å²) in [6.45, 7) is 3.26. The van der Waals surface area contributed by atoms with E-state index in [0.717, 1.165) is 10.9 Å². The van der Waals surface area contributed by atoms with E-state index in [-0.39, 0.29) is 18.3 Å². The first kappa shape index (κ1) is 17.5. The summed E-state index contributed by atoms with van der Waals surface area (Å²) in [6, 6.07) is 14.3. The predicted octanol–water partition coefficient (Wildman–Crippen LogP) is 3.41. The van der Waals surface area contributed by atoms with E-state index >= 15 is 0 Å². The average molecular weight is 349 g/mol. The van der Waals surface area contributed by atoms with Crippen LogP contribution in [0.15, 0.2) is 48.5 Å². The van der Waals surface area contributed by atoms with Crippen LogP contribution in [-0.2, 0) is 11.2 Å². The molecule has 0 bridgehead atoms. The molecule has 0 fully saturated rings. The zero-order valence-electron chi connectivity index (χ0n) is 14.7. The summed E-state index contributed by atoms with van der Waals surface area (Å²) in [6.07, 6.45) is 0.672. The summed E-state index contributed by atoms with van der Waals surface area (Å²) in [5.41, 5.74) is 1.87. The molecule has 0 saturated heterocycles. The standard InChI is InChI=1S/C20H19N3O3/c1-3-18-22-17-10-5-4-9-16(17)20(23-18)26-12-19(25)21-15-8-6-7-14(11-15)13(2)24/h4-11H,3,12H2,1-2H3,(H,21,25). The van der Waals surface area contributed by atoms with Crippen molar-refractivity contribution in [1.29, 1.82) is 0 Å². The molecule has 1 amide bonds. The number of ketones is 1. The number of para-hydroxylation sites is 1. The molecule has 2 aromatic carbocycles. The van der Waals surface area contributed by atoms with Gasteiger partial charge in [0.05, 0.1) is 10.9 Å². The fraction of sp³-hybridized carbons (Fsp3) is 0.200. The Hall–Kier alpha value is -3.28. The Bertz CT molecular complexity index is 969. The molecule has 1 N–H and O–H groups in total. The van der Waals surface area contributed by atoms with Gasteiger partial charge < -0.3 is 10.1 Å². The van der Waals surface area contributed by atoms with Crippen LogP contribution in [0.3, 0.4) is 0 Å². The third-order valence-electron chi connectivity index (χ3n) is 3.82. The highest BCUT2D eigenvalue weighted by Gasteiger charge is 2.11. The van der Waals surface area contributed by atoms with Crippen LogP contribution in [-0.4, -0.2) is 28.3 Å². The number of hydrogen-bond donors (Lipinski definition) is 1. The van der Waals surface area contributed by atoms with Crippen molar-refractivity contribution in [2.24, 2.45) is 0 Å². The summed E-state index contributed by atoms with van der Waals surface area (Å²) < 4.78 is 5.64. The number of carbonyl (C=O) groups excluding carboxylic acids is 2. The Morgan fingerprint density at radius 3 is 2.65 bits per heavy atom. The van der Waals surface area contributed by atoms with Crippen molar-refractivity contribution < 1.29 is 14.3 Å². The molecule has 6 nitrogen and oxygen atoms in total. The third-order valence-corrected chi connectivity index (χ3v) is 3.82. The number of anilines is 1. The lowest BCUT2D eigenvalue weighted by Gasteiger charge is -2.10. The smallest absolute Gasteiger partial charge is 0.262 e. The lowest BCUT2D eigenvalue weighted by Crippen LogP contribution is -2.21. The number of ether oxygens (including phenoxy) is 1. The van der Waals surface area contributed by atoms with Crippen molar-refractivity contribution in [2.75, 3.05) is 11.9 Å². The van der Waals surface area contributed by atoms with E-state index in [9.17, 15) is 9.59 Å². The molecular formula is C20H19N3O3. The molecule has 0 aliphatic heterocycles. The molecule has 6 heteroatoms. The first-order valence-electron chi connectivity index (χ1n) is 8.36. The summed E-state index contributed by atoms with van der Waals surface area (Å²) in [5.74, 6) is 0.664. The number of aromatic nitrogens is 2. The first-order valence-corrected chi connectivity index (χ1v) is 8.36. The number of rotatable bonds is 6. The lowest BCUT2D eigenvalue weighted by atomic mass is 10.1. The fourth-order valence-electron chi connectivity index (χ4n) is 2.51. The molecule has 26 heavy (non-hydrogen) atoms. The van der Waals surface area contributed by atoms with E-state index in [1.165, 1.54) is 6.92 Å². The molecule has 0 aliphatic rings. The topological polar surface area (TPSA) is 81.2 Å². The molecule has 132 valence electrons. The van der Waals surface area contributed by atoms with Crippen LogP contribution in [0, 0.1) is 0 Å². The van der Waals surface area contributed by atoms with Crippen LogP contribution in [0.5, 0.6) is 5.88 Å². The number of carbonyl (C=O) groups is 2. The molecular weight excluding hydrogens is 330 g/mol. The number of nitrogens with one attached hydrogen (secondary N) is 1. The predicted molar refractivity (Wildman–Crippen MR) is 99.5 cm³/mol. The van der Waals surface area contributed by atoms with Gasteiger partial charge in [0.2, 0.25) is 5.88 Å². The second-order valence-corrected chi connectivity index (χ2v) is 5.79. The maximum Gasteiger partial charge on any atom is 0.262 e. The van der Waals surface area contributed by atoms with Gasteiger partial charge in [-0.15, -0.1) is 0 Å². The van der Waals surface area contributed by atoms with Gasteiger partial charge >= 0.3 is 0 Å². The Morgan fingerprint density at radius 2 is 1.88 bits per heavy atom. The highest BCUT2D eigenvalue weighted by Crippen LogP contribution is 2.22. The Balaban J connectivity index is 1.73. The minimum Gasteiger partial charge on any atom is -0.467 e. The summed E-state index contributed by atoms with van der Waals surface area (Å²) in [7, 11) is 0. The van der Waals surface area contributed by atoms with Gasteiger partial charge in [0, 0.05) is 17.7 Å². The molecule has 1 aromatic heterocycles. The SMILES string of the molecule is CCc1nc(OCC(=O)Nc2cccc(C(C)=O)c2)c2ccccc2n1. The molecule has 0 spiro atoms. The van der Waals surface area contributed by atoms with Gasteiger partial charge in [-0.3, -0.25) is 9.59 Å². The number of fused-ring (bicyclic) bond motifs is 1. The number of hydrogen-bond acceptors (Lipinski definition) is 5. The minimum absolute atomic E-state index is 0.0584. The summed E-state index contributed by atoms with van der Waals surface area (Å²) in [4.78, 5) is 32.4. The zero-order valence-corrected chi connectivity index (χ0v) is 14.7. The van der Waals surface area contributed by atoms with Crippen molar-refractivity contribution >= 4 is 28.3 Å². The van der Waals surface area contributed by atoms with Gasteiger partial charge in [-0.05, 0) is 31.2 Å². The van der Waals surface area contributed by atoms with Gasteiger partial charge in [0.1, 0.15) is 5.82 Å². The lowest BCUT2D eigenvalue weighted by molar-refractivity contribution is -0.118. The second-order valence-electron chi connectivity index (χ2n) is 5.79. The van der Waals surface area contributed by atoms with Crippen LogP contribution in [0.4, 0.5) is 5.69 Å². The average Bonchev–Trinajstić information content (AvgIpc) is 2.66. The second kappa shape index (κ2) is 7.74. The molecule has 0 radical (unpaired) electrons. The van der Waals surface area contributed by atoms with E-state index in [4.69, 9.17) is 4.74 Å². The Kier molecular flexibility index (Phi) is 5.22. The van der Waals surface area contributed by atoms with Crippen molar-refractivity contribution in [3.63, 3.8) is 0 Å². The van der Waals surface area contributed by atoms with E-state index in [2.05, 4.69) is 15.3 Å². The van der Waals surface area contributed by atoms with Crippen LogP contribution in [0.1, 0.15) is 30.0 Å². The zero-order chi connectivity index (χ0) is 18.5. The number of benzene rings is 2. The molecule has 3 rings (SSSR count). The van der Waals surface area contributed by atoms with Gasteiger partial charge in [-0.1, -0.05) is 31.2 Å². The third kappa shape index (κ3) is 4.03. The largest absolute Gasteiger partial charge is 0.467 e. The maximum absolute atomic E-state index is 12.2. The quantitative estimate of drug-likeness (QED) is 0.690. The number of nitrogens with zero attached hydrogens (tertiary/aromatic N) is 2. The van der Waals surface area contributed by atoms with Crippen molar-refractivity contribution in [3.05, 3.63) is 59.9 Å². The molecule has 1 heterocycles. The Labute approximate surface area is 151 Å². The van der Waals surface area contributed by atoms with Gasteiger partial charge in [0.15, 0.2) is 12.4 Å². The van der Waals surface area contributed by atoms with Crippen molar-refractivity contribution in [3.8, 4) is 5.88 Å². The van der Waals surface area contributed by atoms with Gasteiger partial charge in [0.25, 0.3) is 5.91 Å². The number of Topliss-reactive ketones (excluding diaryl/α,β-unsaturated/α-hetero) is 1. The summed E-state index contributed by atoms with van der Waals surface area (Å²) >= 11 is 0. The van der Waals surface area contributed by atoms with Gasteiger partial charge in [-0.2, -0.15) is 4.98 Å². The maximum atomic E-state index is 12.2. The molecule has 3 aromatic rings. The minimum atomic E-state index is -0.327. The van der Waals surface area contributed by atoms with E-state index in [1.807, 2.05) is 31.2 Å². The normalized spacial score (nSPS) is 10.5. The fourth-order valence-corrected chi connectivity index (χ4v) is 2.51. The number of amides is 1. The Morgan fingerprint density at radius 1 is 1.08 bits per heavy atom. The molecule has 0 unspecified atom stereocenters. The van der Waals surface area contributed by atoms with Gasteiger partial charge in [-0.25, -0.2) is 4.98 Å². The van der Waals surface area contributed by atoms with E-state index in [0.29, 0.717) is 29.4 Å². The highest BCUT2D eigenvalue weighted by atomic mass is 16.5.